The molecule has 2 saturated carbocycles. The van der Waals surface area contributed by atoms with Crippen LogP contribution in [0.2, 0.25) is 0 Å². The Labute approximate surface area is 191 Å². The van der Waals surface area contributed by atoms with Crippen LogP contribution in [0.3, 0.4) is 0 Å². The molecule has 2 aliphatic rings. The van der Waals surface area contributed by atoms with Crippen molar-refractivity contribution in [3.8, 4) is 11.1 Å². The molecule has 0 bridgehead atoms. The zero-order valence-corrected chi connectivity index (χ0v) is 18.8. The van der Waals surface area contributed by atoms with E-state index in [1.165, 1.54) is 42.5 Å². The predicted molar refractivity (Wildman–Crippen MR) is 132 cm³/mol. The maximum Gasteiger partial charge on any atom is 0.255 e. The number of anilines is 1. The second kappa shape index (κ2) is 9.30. The Morgan fingerprint density at radius 1 is 0.875 bits per heavy atom. The van der Waals surface area contributed by atoms with Crippen LogP contribution in [0, 0.1) is 5.92 Å². The number of nitrogens with one attached hydrogen (secondary N) is 2. The Bertz CT molecular complexity index is 1050. The lowest BCUT2D eigenvalue weighted by Gasteiger charge is -2.08. The number of carbonyl (C=O) groups excluding carboxylic acids is 1. The van der Waals surface area contributed by atoms with Crippen molar-refractivity contribution in [2.75, 3.05) is 11.9 Å². The maximum atomic E-state index is 12.7. The molecule has 0 radical (unpaired) electrons. The molecular formula is C29H32N2O. The average molecular weight is 425 g/mol. The highest BCUT2D eigenvalue weighted by Gasteiger charge is 2.38. The van der Waals surface area contributed by atoms with E-state index in [1.54, 1.807) is 0 Å². The van der Waals surface area contributed by atoms with Crippen LogP contribution in [0.5, 0.6) is 0 Å². The van der Waals surface area contributed by atoms with Gasteiger partial charge in [0.05, 0.1) is 0 Å². The Morgan fingerprint density at radius 2 is 1.53 bits per heavy atom. The molecule has 3 heteroatoms. The lowest BCUT2D eigenvalue weighted by atomic mass is 10.0. The monoisotopic (exact) mass is 424 g/mol. The van der Waals surface area contributed by atoms with Gasteiger partial charge in [0, 0.05) is 23.2 Å². The molecule has 164 valence electrons. The van der Waals surface area contributed by atoms with E-state index >= 15 is 0 Å². The molecule has 0 spiro atoms. The van der Waals surface area contributed by atoms with E-state index in [0.29, 0.717) is 17.5 Å². The van der Waals surface area contributed by atoms with E-state index in [-0.39, 0.29) is 5.91 Å². The zero-order chi connectivity index (χ0) is 21.9. The van der Waals surface area contributed by atoms with Gasteiger partial charge in [-0.2, -0.15) is 0 Å². The lowest BCUT2D eigenvalue weighted by Crippen LogP contribution is -2.20. The second-order valence-corrected chi connectivity index (χ2v) is 9.40. The second-order valence-electron chi connectivity index (χ2n) is 9.40. The van der Waals surface area contributed by atoms with Crippen LogP contribution in [-0.2, 0) is 6.42 Å². The Balaban J connectivity index is 1.16. The van der Waals surface area contributed by atoms with Crippen LogP contribution in [-0.4, -0.2) is 18.5 Å². The summed E-state index contributed by atoms with van der Waals surface area (Å²) >= 11 is 0. The third-order valence-electron chi connectivity index (χ3n) is 6.73. The van der Waals surface area contributed by atoms with Gasteiger partial charge in [-0.05, 0) is 84.7 Å². The first-order chi connectivity index (χ1) is 15.7. The van der Waals surface area contributed by atoms with Crippen LogP contribution < -0.4 is 10.6 Å². The molecule has 5 rings (SSSR count). The first-order valence-electron chi connectivity index (χ1n) is 12.0. The summed E-state index contributed by atoms with van der Waals surface area (Å²) in [5, 5.41) is 6.72. The number of benzene rings is 3. The van der Waals surface area contributed by atoms with E-state index in [1.807, 2.05) is 36.4 Å². The van der Waals surface area contributed by atoms with Gasteiger partial charge in [0.25, 0.3) is 5.91 Å². The highest BCUT2D eigenvalue weighted by molar-refractivity contribution is 6.04. The largest absolute Gasteiger partial charge is 0.322 e. The summed E-state index contributed by atoms with van der Waals surface area (Å²) in [5.74, 6) is 1.48. The number of hydrogen-bond donors (Lipinski definition) is 2. The number of amides is 1. The molecule has 2 fully saturated rings. The van der Waals surface area contributed by atoms with Gasteiger partial charge in [-0.1, -0.05) is 61.9 Å². The van der Waals surface area contributed by atoms with Gasteiger partial charge in [-0.15, -0.1) is 0 Å². The summed E-state index contributed by atoms with van der Waals surface area (Å²) in [6, 6.07) is 25.5. The summed E-state index contributed by atoms with van der Waals surface area (Å²) in [6.07, 6.45) is 6.29. The van der Waals surface area contributed by atoms with Gasteiger partial charge in [0.1, 0.15) is 0 Å². The molecule has 1 amide bonds. The molecular weight excluding hydrogens is 392 g/mol. The molecule has 32 heavy (non-hydrogen) atoms. The fraction of sp³-hybridized carbons (Fsp3) is 0.345. The van der Waals surface area contributed by atoms with E-state index in [4.69, 9.17) is 0 Å². The van der Waals surface area contributed by atoms with E-state index in [0.717, 1.165) is 30.0 Å². The van der Waals surface area contributed by atoms with Crippen molar-refractivity contribution in [1.29, 1.82) is 0 Å². The zero-order valence-electron chi connectivity index (χ0n) is 18.8. The van der Waals surface area contributed by atoms with Crippen molar-refractivity contribution in [2.24, 2.45) is 5.92 Å². The molecule has 3 nitrogen and oxygen atoms in total. The highest BCUT2D eigenvalue weighted by Crippen LogP contribution is 2.42. The molecule has 3 aromatic carbocycles. The van der Waals surface area contributed by atoms with Crippen LogP contribution in [0.4, 0.5) is 5.69 Å². The normalized spacial score (nSPS) is 19.5. The summed E-state index contributed by atoms with van der Waals surface area (Å²) in [7, 11) is 0. The van der Waals surface area contributed by atoms with Gasteiger partial charge in [0.2, 0.25) is 0 Å². The smallest absolute Gasteiger partial charge is 0.255 e. The van der Waals surface area contributed by atoms with E-state index in [9.17, 15) is 4.79 Å². The Kier molecular flexibility index (Phi) is 6.09. The van der Waals surface area contributed by atoms with Crippen molar-refractivity contribution in [3.05, 3.63) is 89.5 Å². The Morgan fingerprint density at radius 3 is 2.16 bits per heavy atom. The van der Waals surface area contributed by atoms with Crippen molar-refractivity contribution in [1.82, 2.24) is 5.32 Å². The third kappa shape index (κ3) is 5.11. The van der Waals surface area contributed by atoms with Crippen molar-refractivity contribution < 1.29 is 4.79 Å². The molecule has 2 unspecified atom stereocenters. The number of aryl methyl sites for hydroxylation is 1. The van der Waals surface area contributed by atoms with Gasteiger partial charge in [0.15, 0.2) is 0 Å². The first-order valence-corrected chi connectivity index (χ1v) is 12.0. The molecule has 0 aliphatic heterocycles. The van der Waals surface area contributed by atoms with Crippen LogP contribution in [0.15, 0.2) is 72.8 Å². The fourth-order valence-electron chi connectivity index (χ4n) is 4.41. The van der Waals surface area contributed by atoms with Crippen LogP contribution >= 0.6 is 0 Å². The minimum absolute atomic E-state index is 0.0713. The molecule has 2 atom stereocenters. The summed E-state index contributed by atoms with van der Waals surface area (Å²) in [4.78, 5) is 12.7. The van der Waals surface area contributed by atoms with E-state index < -0.39 is 0 Å². The number of carbonyl (C=O) groups is 1. The van der Waals surface area contributed by atoms with Crippen LogP contribution in [0.1, 0.15) is 60.0 Å². The minimum Gasteiger partial charge on any atom is -0.322 e. The molecule has 3 aromatic rings. The molecule has 2 N–H and O–H groups in total. The fourth-order valence-corrected chi connectivity index (χ4v) is 4.41. The van der Waals surface area contributed by atoms with Crippen LogP contribution in [0.25, 0.3) is 11.1 Å². The predicted octanol–water partition coefficient (Wildman–Crippen LogP) is 6.41. The Hall–Kier alpha value is -2.91. The van der Waals surface area contributed by atoms with Gasteiger partial charge < -0.3 is 10.6 Å². The van der Waals surface area contributed by atoms with Gasteiger partial charge >= 0.3 is 0 Å². The van der Waals surface area contributed by atoms with Crippen molar-refractivity contribution in [2.45, 2.75) is 51.0 Å². The third-order valence-corrected chi connectivity index (χ3v) is 6.73. The minimum atomic E-state index is -0.0713. The molecule has 0 aromatic heterocycles. The SMILES string of the molecule is CCCc1ccc(-c2ccc(C(=O)Nc3ccc(C4CC4NCC4CC4)cc3)cc2)cc1. The number of hydrogen-bond acceptors (Lipinski definition) is 2. The topological polar surface area (TPSA) is 41.1 Å². The average Bonchev–Trinajstić information content (AvgIpc) is 3.74. The highest BCUT2D eigenvalue weighted by atomic mass is 16.1. The maximum absolute atomic E-state index is 12.7. The van der Waals surface area contributed by atoms with Crippen molar-refractivity contribution in [3.63, 3.8) is 0 Å². The van der Waals surface area contributed by atoms with Gasteiger partial charge in [-0.3, -0.25) is 4.79 Å². The quantitative estimate of drug-likeness (QED) is 0.416. The van der Waals surface area contributed by atoms with E-state index in [2.05, 4.69) is 54.0 Å². The molecule has 0 saturated heterocycles. The van der Waals surface area contributed by atoms with Crippen molar-refractivity contribution >= 4 is 11.6 Å². The molecule has 2 aliphatic carbocycles. The lowest BCUT2D eigenvalue weighted by molar-refractivity contribution is 0.102. The summed E-state index contributed by atoms with van der Waals surface area (Å²) in [5.41, 5.74) is 6.56. The van der Waals surface area contributed by atoms with Gasteiger partial charge in [-0.25, -0.2) is 0 Å². The first kappa shape index (κ1) is 21.0. The standard InChI is InChI=1S/C29H32N2O/c1-2-3-20-6-8-22(9-7-20)23-10-12-25(13-11-23)29(32)31-26-16-14-24(15-17-26)27-18-28(27)30-19-21-4-5-21/h6-17,21,27-28,30H,2-5,18-19H2,1H3,(H,31,32). The molecule has 0 heterocycles. The summed E-state index contributed by atoms with van der Waals surface area (Å²) < 4.78 is 0. The summed E-state index contributed by atoms with van der Waals surface area (Å²) in [6.45, 7) is 3.38. The number of rotatable bonds is 9.